The summed E-state index contributed by atoms with van der Waals surface area (Å²) >= 11 is 3.35. The lowest BCUT2D eigenvalue weighted by molar-refractivity contribution is 0.563. The number of aromatic nitrogens is 3. The van der Waals surface area contributed by atoms with E-state index in [9.17, 15) is 0 Å². The summed E-state index contributed by atoms with van der Waals surface area (Å²) in [6, 6.07) is 0.248. The average Bonchev–Trinajstić information content (AvgIpc) is 2.30. The molecule has 1 aromatic heterocycles. The predicted octanol–water partition coefficient (Wildman–Crippen LogP) is 1.25. The molecule has 0 saturated carbocycles. The van der Waals surface area contributed by atoms with Crippen molar-refractivity contribution in [1.29, 1.82) is 0 Å². The molecule has 1 unspecified atom stereocenters. The normalized spacial score (nSPS) is 13.3. The Labute approximate surface area is 80.5 Å². The zero-order chi connectivity index (χ0) is 9.14. The van der Waals surface area contributed by atoms with Crippen molar-refractivity contribution in [1.82, 2.24) is 20.3 Å². The minimum absolute atomic E-state index is 0.248. The summed E-state index contributed by atoms with van der Waals surface area (Å²) in [7, 11) is 1.81. The van der Waals surface area contributed by atoms with Gasteiger partial charge in [0.15, 0.2) is 4.60 Å². The fraction of sp³-hybridized carbons (Fsp3) is 0.714. The predicted molar refractivity (Wildman–Crippen MR) is 50.8 cm³/mol. The molecule has 12 heavy (non-hydrogen) atoms. The lowest BCUT2D eigenvalue weighted by atomic mass is 10.2. The van der Waals surface area contributed by atoms with E-state index in [0.29, 0.717) is 0 Å². The quantitative estimate of drug-likeness (QED) is 0.854. The summed E-state index contributed by atoms with van der Waals surface area (Å²) in [6.07, 6.45) is 0. The highest BCUT2D eigenvalue weighted by Crippen LogP contribution is 2.17. The van der Waals surface area contributed by atoms with Gasteiger partial charge < -0.3 is 5.32 Å². The van der Waals surface area contributed by atoms with Gasteiger partial charge in [0.2, 0.25) is 0 Å². The Morgan fingerprint density at radius 2 is 2.25 bits per heavy atom. The van der Waals surface area contributed by atoms with Crippen molar-refractivity contribution in [3.63, 3.8) is 0 Å². The summed E-state index contributed by atoms with van der Waals surface area (Å²) in [5.74, 6) is 0. The first-order valence-corrected chi connectivity index (χ1v) is 4.74. The molecule has 0 amide bonds. The molecule has 0 saturated heterocycles. The van der Waals surface area contributed by atoms with Crippen LogP contribution in [0.2, 0.25) is 0 Å². The maximum atomic E-state index is 4.22. The Balaban J connectivity index is 2.79. The number of hydrogen-bond donors (Lipinski definition) is 1. The lowest BCUT2D eigenvalue weighted by Crippen LogP contribution is -2.18. The van der Waals surface area contributed by atoms with Crippen molar-refractivity contribution in [3.8, 4) is 0 Å². The van der Waals surface area contributed by atoms with Crippen molar-refractivity contribution in [3.05, 3.63) is 10.3 Å². The molecule has 0 aliphatic carbocycles. The van der Waals surface area contributed by atoms with E-state index in [0.717, 1.165) is 16.8 Å². The first-order valence-electron chi connectivity index (χ1n) is 3.95. The Bertz CT molecular complexity index is 258. The first kappa shape index (κ1) is 9.67. The van der Waals surface area contributed by atoms with Crippen molar-refractivity contribution >= 4 is 15.9 Å². The van der Waals surface area contributed by atoms with E-state index < -0.39 is 0 Å². The molecule has 0 spiro atoms. The summed E-state index contributed by atoms with van der Waals surface area (Å²) < 4.78 is 0.818. The second-order valence-corrected chi connectivity index (χ2v) is 3.40. The topological polar surface area (TPSA) is 42.7 Å². The number of hydrogen-bond acceptors (Lipinski definition) is 3. The zero-order valence-electron chi connectivity index (χ0n) is 7.50. The fourth-order valence-corrected chi connectivity index (χ4v) is 1.72. The van der Waals surface area contributed by atoms with Gasteiger partial charge >= 0.3 is 0 Å². The Kier molecular flexibility index (Phi) is 3.22. The second-order valence-electron chi connectivity index (χ2n) is 2.64. The third-order valence-electron chi connectivity index (χ3n) is 1.62. The van der Waals surface area contributed by atoms with Gasteiger partial charge in [-0.2, -0.15) is 9.90 Å². The molecule has 1 heterocycles. The van der Waals surface area contributed by atoms with Crippen LogP contribution in [0.5, 0.6) is 0 Å². The number of rotatable bonds is 3. The van der Waals surface area contributed by atoms with Crippen LogP contribution < -0.4 is 5.32 Å². The molecule has 1 N–H and O–H groups in total. The van der Waals surface area contributed by atoms with E-state index >= 15 is 0 Å². The number of nitrogens with one attached hydrogen (secondary N) is 1. The van der Waals surface area contributed by atoms with Gasteiger partial charge in [-0.05, 0) is 29.4 Å². The molecule has 0 aromatic carbocycles. The monoisotopic (exact) mass is 232 g/mol. The molecule has 1 atom stereocenters. The Morgan fingerprint density at radius 1 is 1.58 bits per heavy atom. The fourth-order valence-electron chi connectivity index (χ4n) is 1.07. The highest BCUT2D eigenvalue weighted by atomic mass is 79.9. The average molecular weight is 233 g/mol. The molecular weight excluding hydrogens is 220 g/mol. The van der Waals surface area contributed by atoms with Gasteiger partial charge in [-0.15, -0.1) is 5.10 Å². The van der Waals surface area contributed by atoms with Gasteiger partial charge in [0.25, 0.3) is 0 Å². The molecule has 0 bridgehead atoms. The standard InChI is InChI=1S/C7H13BrN4/c1-4-9-5(2)6-7(8)11-12(3)10-6/h5,9H,4H2,1-3H3. The lowest BCUT2D eigenvalue weighted by Gasteiger charge is -2.07. The molecule has 1 aromatic rings. The van der Waals surface area contributed by atoms with E-state index in [1.807, 2.05) is 7.05 Å². The van der Waals surface area contributed by atoms with Gasteiger partial charge in [0, 0.05) is 7.05 Å². The zero-order valence-corrected chi connectivity index (χ0v) is 9.09. The molecule has 4 nitrogen and oxygen atoms in total. The summed E-state index contributed by atoms with van der Waals surface area (Å²) in [5.41, 5.74) is 0.958. The van der Waals surface area contributed by atoms with Crippen LogP contribution >= 0.6 is 15.9 Å². The van der Waals surface area contributed by atoms with Crippen LogP contribution in [0.1, 0.15) is 25.6 Å². The van der Waals surface area contributed by atoms with Crippen LogP contribution in [-0.4, -0.2) is 21.5 Å². The highest BCUT2D eigenvalue weighted by Gasteiger charge is 2.12. The van der Waals surface area contributed by atoms with Crippen molar-refractivity contribution in [2.24, 2.45) is 7.05 Å². The van der Waals surface area contributed by atoms with Gasteiger partial charge in [-0.1, -0.05) is 6.92 Å². The molecular formula is C7H13BrN4. The minimum atomic E-state index is 0.248. The second kappa shape index (κ2) is 4.00. The van der Waals surface area contributed by atoms with Crippen molar-refractivity contribution in [2.45, 2.75) is 19.9 Å². The summed E-state index contributed by atoms with van der Waals surface area (Å²) in [5, 5.41) is 11.6. The molecule has 0 radical (unpaired) electrons. The maximum Gasteiger partial charge on any atom is 0.153 e. The van der Waals surface area contributed by atoms with E-state index in [4.69, 9.17) is 0 Å². The largest absolute Gasteiger partial charge is 0.309 e. The molecule has 5 heteroatoms. The van der Waals surface area contributed by atoms with Crippen LogP contribution in [0.15, 0.2) is 4.60 Å². The van der Waals surface area contributed by atoms with Gasteiger partial charge in [-0.3, -0.25) is 0 Å². The molecule has 0 fully saturated rings. The van der Waals surface area contributed by atoms with E-state index in [2.05, 4.69) is 45.3 Å². The SMILES string of the molecule is CCNC(C)c1nn(C)nc1Br. The molecule has 0 aliphatic rings. The highest BCUT2D eigenvalue weighted by molar-refractivity contribution is 9.10. The Morgan fingerprint density at radius 3 is 2.67 bits per heavy atom. The number of halogens is 1. The molecule has 68 valence electrons. The molecule has 1 rings (SSSR count). The number of aryl methyl sites for hydroxylation is 1. The van der Waals surface area contributed by atoms with E-state index in [1.165, 1.54) is 0 Å². The maximum absolute atomic E-state index is 4.22. The van der Waals surface area contributed by atoms with Crippen LogP contribution in [0, 0.1) is 0 Å². The van der Waals surface area contributed by atoms with Crippen LogP contribution in [0.4, 0.5) is 0 Å². The summed E-state index contributed by atoms with van der Waals surface area (Å²) in [4.78, 5) is 1.56. The summed E-state index contributed by atoms with van der Waals surface area (Å²) in [6.45, 7) is 5.07. The third kappa shape index (κ3) is 2.04. The van der Waals surface area contributed by atoms with Crippen LogP contribution in [-0.2, 0) is 7.05 Å². The van der Waals surface area contributed by atoms with Gasteiger partial charge in [-0.25, -0.2) is 0 Å². The van der Waals surface area contributed by atoms with Crippen LogP contribution in [0.3, 0.4) is 0 Å². The van der Waals surface area contributed by atoms with E-state index in [1.54, 1.807) is 4.80 Å². The smallest absolute Gasteiger partial charge is 0.153 e. The van der Waals surface area contributed by atoms with Crippen molar-refractivity contribution < 1.29 is 0 Å². The first-order chi connectivity index (χ1) is 5.65. The van der Waals surface area contributed by atoms with Gasteiger partial charge in [0.05, 0.1) is 6.04 Å². The molecule has 0 aliphatic heterocycles. The minimum Gasteiger partial charge on any atom is -0.309 e. The third-order valence-corrected chi connectivity index (χ3v) is 2.18. The van der Waals surface area contributed by atoms with E-state index in [-0.39, 0.29) is 6.04 Å². The van der Waals surface area contributed by atoms with Crippen molar-refractivity contribution in [2.75, 3.05) is 6.54 Å². The Hall–Kier alpha value is -0.420. The van der Waals surface area contributed by atoms with Crippen LogP contribution in [0.25, 0.3) is 0 Å². The number of nitrogens with zero attached hydrogens (tertiary/aromatic N) is 3. The van der Waals surface area contributed by atoms with Gasteiger partial charge in [0.1, 0.15) is 5.69 Å².